The largest absolute Gasteiger partial charge is 0.358 e. The highest BCUT2D eigenvalue weighted by molar-refractivity contribution is 8.23. The van der Waals surface area contributed by atoms with Crippen LogP contribution in [0, 0.1) is 0 Å². The molecule has 0 unspecified atom stereocenters. The van der Waals surface area contributed by atoms with E-state index in [4.69, 9.17) is 12.2 Å². The predicted molar refractivity (Wildman–Crippen MR) is 94.3 cm³/mol. The average molecular weight is 313 g/mol. The van der Waals surface area contributed by atoms with Gasteiger partial charge in [-0.1, -0.05) is 19.1 Å². The normalized spacial score (nSPS) is 19.9. The molecular formula is C16H28N2S2. The van der Waals surface area contributed by atoms with Gasteiger partial charge in [-0.2, -0.15) is 0 Å². The van der Waals surface area contributed by atoms with E-state index in [-0.39, 0.29) is 0 Å². The van der Waals surface area contributed by atoms with Gasteiger partial charge in [-0.25, -0.2) is 0 Å². The fraction of sp³-hybridized carbons (Fsp3) is 0.812. The molecule has 2 fully saturated rings. The van der Waals surface area contributed by atoms with E-state index < -0.39 is 0 Å². The third kappa shape index (κ3) is 4.96. The maximum atomic E-state index is 5.57. The number of hydrogen-bond donors (Lipinski definition) is 0. The monoisotopic (exact) mass is 312 g/mol. The first-order valence-corrected chi connectivity index (χ1v) is 9.59. The Hall–Kier alpha value is -0.220. The van der Waals surface area contributed by atoms with E-state index >= 15 is 0 Å². The van der Waals surface area contributed by atoms with Gasteiger partial charge in [0, 0.05) is 32.3 Å². The van der Waals surface area contributed by atoms with Gasteiger partial charge in [0.05, 0.1) is 4.20 Å². The first-order chi connectivity index (χ1) is 9.81. The lowest BCUT2D eigenvalue weighted by Gasteiger charge is -2.40. The second-order valence-electron chi connectivity index (χ2n) is 5.77. The Kier molecular flexibility index (Phi) is 7.22. The highest BCUT2D eigenvalue weighted by Crippen LogP contribution is 2.23. The summed E-state index contributed by atoms with van der Waals surface area (Å²) >= 11 is 7.40. The molecule has 0 aromatic rings. The molecule has 0 bridgehead atoms. The van der Waals surface area contributed by atoms with Crippen LogP contribution in [0.15, 0.2) is 11.9 Å². The molecule has 0 spiro atoms. The summed E-state index contributed by atoms with van der Waals surface area (Å²) in [6.07, 6.45) is 11.6. The van der Waals surface area contributed by atoms with Crippen molar-refractivity contribution >= 4 is 28.2 Å². The van der Waals surface area contributed by atoms with Crippen LogP contribution in [0.1, 0.15) is 51.9 Å². The SMILES string of the molecule is CCCSC(=S)C=C(N1CCCCC1)N1CCCCC1. The van der Waals surface area contributed by atoms with Crippen molar-refractivity contribution in [3.05, 3.63) is 11.9 Å². The lowest BCUT2D eigenvalue weighted by atomic mass is 10.1. The van der Waals surface area contributed by atoms with Gasteiger partial charge in [0.2, 0.25) is 0 Å². The van der Waals surface area contributed by atoms with Crippen molar-refractivity contribution < 1.29 is 0 Å². The number of thiocarbonyl (C=S) groups is 1. The van der Waals surface area contributed by atoms with Crippen molar-refractivity contribution in [1.82, 2.24) is 9.80 Å². The Bertz CT molecular complexity index is 309. The minimum absolute atomic E-state index is 1.07. The van der Waals surface area contributed by atoms with Crippen LogP contribution in [0.4, 0.5) is 0 Å². The summed E-state index contributed by atoms with van der Waals surface area (Å²) in [5.41, 5.74) is 0. The van der Waals surface area contributed by atoms with Crippen molar-refractivity contribution in [1.29, 1.82) is 0 Å². The summed E-state index contributed by atoms with van der Waals surface area (Å²) in [7, 11) is 0. The number of nitrogens with zero attached hydrogens (tertiary/aromatic N) is 2. The van der Waals surface area contributed by atoms with Gasteiger partial charge in [0.15, 0.2) is 0 Å². The number of hydrogen-bond acceptors (Lipinski definition) is 4. The van der Waals surface area contributed by atoms with Gasteiger partial charge >= 0.3 is 0 Å². The van der Waals surface area contributed by atoms with Crippen molar-refractivity contribution in [3.63, 3.8) is 0 Å². The maximum Gasteiger partial charge on any atom is 0.106 e. The molecule has 2 rings (SSSR count). The van der Waals surface area contributed by atoms with Crippen LogP contribution >= 0.6 is 24.0 Å². The molecule has 2 aliphatic heterocycles. The minimum Gasteiger partial charge on any atom is -0.358 e. The molecule has 0 amide bonds. The van der Waals surface area contributed by atoms with Gasteiger partial charge in [-0.15, -0.1) is 11.8 Å². The molecule has 0 radical (unpaired) electrons. The summed E-state index contributed by atoms with van der Waals surface area (Å²) in [6, 6.07) is 0. The highest BCUT2D eigenvalue weighted by atomic mass is 32.2. The van der Waals surface area contributed by atoms with Gasteiger partial charge < -0.3 is 9.80 Å². The van der Waals surface area contributed by atoms with Crippen LogP contribution in [-0.2, 0) is 0 Å². The van der Waals surface area contributed by atoms with Crippen LogP contribution in [0.3, 0.4) is 0 Å². The van der Waals surface area contributed by atoms with Crippen molar-refractivity contribution in [2.75, 3.05) is 31.9 Å². The molecule has 2 saturated heterocycles. The Labute approximate surface area is 134 Å². The zero-order chi connectivity index (χ0) is 14.2. The van der Waals surface area contributed by atoms with E-state index in [2.05, 4.69) is 22.8 Å². The van der Waals surface area contributed by atoms with Crippen LogP contribution in [0.2, 0.25) is 0 Å². The van der Waals surface area contributed by atoms with Gasteiger partial charge in [0.25, 0.3) is 0 Å². The van der Waals surface area contributed by atoms with Crippen LogP contribution in [0.25, 0.3) is 0 Å². The Morgan fingerprint density at radius 2 is 1.45 bits per heavy atom. The van der Waals surface area contributed by atoms with E-state index in [1.165, 1.54) is 76.9 Å². The first-order valence-electron chi connectivity index (χ1n) is 8.19. The van der Waals surface area contributed by atoms with E-state index in [0.717, 1.165) is 9.95 Å². The molecule has 4 heteroatoms. The predicted octanol–water partition coefficient (Wildman–Crippen LogP) is 4.27. The Morgan fingerprint density at radius 3 is 1.90 bits per heavy atom. The van der Waals surface area contributed by atoms with E-state index in [0.29, 0.717) is 0 Å². The first kappa shape index (κ1) is 16.2. The molecule has 0 N–H and O–H groups in total. The molecule has 0 aromatic heterocycles. The fourth-order valence-corrected chi connectivity index (χ4v) is 3.93. The summed E-state index contributed by atoms with van der Waals surface area (Å²) in [5.74, 6) is 2.56. The molecule has 0 atom stereocenters. The molecule has 114 valence electrons. The third-order valence-electron chi connectivity index (χ3n) is 4.06. The highest BCUT2D eigenvalue weighted by Gasteiger charge is 2.21. The second kappa shape index (κ2) is 8.93. The molecule has 2 aliphatic rings. The molecule has 0 aliphatic carbocycles. The number of likely N-dealkylation sites (tertiary alicyclic amines) is 2. The minimum atomic E-state index is 1.07. The molecule has 2 nitrogen and oxygen atoms in total. The number of rotatable bonds is 5. The molecular weight excluding hydrogens is 284 g/mol. The summed E-state index contributed by atoms with van der Waals surface area (Å²) in [4.78, 5) is 5.15. The van der Waals surface area contributed by atoms with Gasteiger partial charge in [0.1, 0.15) is 5.82 Å². The lowest BCUT2D eigenvalue weighted by Crippen LogP contribution is -2.41. The quantitative estimate of drug-likeness (QED) is 0.552. The van der Waals surface area contributed by atoms with Crippen LogP contribution < -0.4 is 0 Å². The smallest absolute Gasteiger partial charge is 0.106 e. The summed E-state index contributed by atoms with van der Waals surface area (Å²) in [5, 5.41) is 0. The molecule has 2 heterocycles. The second-order valence-corrected chi connectivity index (χ2v) is 7.60. The summed E-state index contributed by atoms with van der Waals surface area (Å²) < 4.78 is 1.07. The molecule has 0 saturated carbocycles. The van der Waals surface area contributed by atoms with Crippen molar-refractivity contribution in [2.45, 2.75) is 51.9 Å². The zero-order valence-electron chi connectivity index (χ0n) is 12.8. The van der Waals surface area contributed by atoms with E-state index in [9.17, 15) is 0 Å². The number of thioether (sulfide) groups is 1. The van der Waals surface area contributed by atoms with Gasteiger partial charge in [-0.3, -0.25) is 0 Å². The third-order valence-corrected chi connectivity index (χ3v) is 5.54. The van der Waals surface area contributed by atoms with Crippen LogP contribution in [0.5, 0.6) is 0 Å². The average Bonchev–Trinajstić information content (AvgIpc) is 2.52. The van der Waals surface area contributed by atoms with Crippen LogP contribution in [-0.4, -0.2) is 45.9 Å². The topological polar surface area (TPSA) is 6.48 Å². The van der Waals surface area contributed by atoms with E-state index in [1.54, 1.807) is 0 Å². The number of piperidine rings is 2. The van der Waals surface area contributed by atoms with Gasteiger partial charge in [-0.05, 0) is 50.7 Å². The standard InChI is InChI=1S/C16H28N2S2/c1-2-13-20-16(19)14-15(17-9-5-3-6-10-17)18-11-7-4-8-12-18/h14H,2-13H2,1H3. The molecule has 20 heavy (non-hydrogen) atoms. The van der Waals surface area contributed by atoms with Crippen molar-refractivity contribution in [3.8, 4) is 0 Å². The Morgan fingerprint density at radius 1 is 0.950 bits per heavy atom. The maximum absolute atomic E-state index is 5.57. The van der Waals surface area contributed by atoms with Crippen molar-refractivity contribution in [2.24, 2.45) is 0 Å². The summed E-state index contributed by atoms with van der Waals surface area (Å²) in [6.45, 7) is 7.06. The fourth-order valence-electron chi connectivity index (χ4n) is 2.98. The van der Waals surface area contributed by atoms with E-state index in [1.807, 2.05) is 11.8 Å². The Balaban J connectivity index is 2.05. The molecule has 0 aromatic carbocycles. The zero-order valence-corrected chi connectivity index (χ0v) is 14.4. The lowest BCUT2D eigenvalue weighted by molar-refractivity contribution is 0.167.